The van der Waals surface area contributed by atoms with Crippen molar-refractivity contribution in [2.75, 3.05) is 5.01 Å². The molecule has 0 bridgehead atoms. The monoisotopic (exact) mass is 337 g/mol. The maximum absolute atomic E-state index is 10.9. The van der Waals surface area contributed by atoms with Crippen LogP contribution in [0.15, 0.2) is 53.7 Å². The fourth-order valence-electron chi connectivity index (χ4n) is 2.59. The van der Waals surface area contributed by atoms with Gasteiger partial charge in [-0.2, -0.15) is 4.79 Å². The molecule has 0 unspecified atom stereocenters. The maximum atomic E-state index is 10.9. The van der Waals surface area contributed by atoms with Crippen LogP contribution in [0.3, 0.4) is 0 Å². The molecule has 2 heterocycles. The van der Waals surface area contributed by atoms with Crippen LogP contribution in [0.2, 0.25) is 0 Å². The Morgan fingerprint density at radius 1 is 1.16 bits per heavy atom. The summed E-state index contributed by atoms with van der Waals surface area (Å²) in [5, 5.41) is 24.6. The van der Waals surface area contributed by atoms with Gasteiger partial charge >= 0.3 is 0 Å². The lowest BCUT2D eigenvalue weighted by Gasteiger charge is -2.25. The average Bonchev–Trinajstić information content (AvgIpc) is 3.29. The molecule has 0 spiro atoms. The van der Waals surface area contributed by atoms with Gasteiger partial charge in [-0.3, -0.25) is 10.1 Å². The minimum Gasteiger partial charge on any atom is -0.258 e. The molecule has 10 nitrogen and oxygen atoms in total. The van der Waals surface area contributed by atoms with Gasteiger partial charge in [-0.25, -0.2) is 14.6 Å². The van der Waals surface area contributed by atoms with Crippen LogP contribution in [0.5, 0.6) is 0 Å². The van der Waals surface area contributed by atoms with E-state index in [4.69, 9.17) is 4.63 Å². The highest BCUT2D eigenvalue weighted by atomic mass is 16.6. The average molecular weight is 337 g/mol. The summed E-state index contributed by atoms with van der Waals surface area (Å²) in [6.07, 6.45) is 2.94. The SMILES string of the molecule is Cc1c(N(c2ccc([N+](=O)[O-])cc2)n2cncn2)ccc2nonc12. The number of nitro groups is 1. The molecule has 124 valence electrons. The van der Waals surface area contributed by atoms with Gasteiger partial charge in [-0.05, 0) is 41.5 Å². The molecule has 4 aromatic rings. The summed E-state index contributed by atoms with van der Waals surface area (Å²) in [6, 6.07) is 9.79. The van der Waals surface area contributed by atoms with Gasteiger partial charge in [0.1, 0.15) is 23.7 Å². The molecule has 25 heavy (non-hydrogen) atoms. The van der Waals surface area contributed by atoms with Crippen molar-refractivity contribution in [3.63, 3.8) is 0 Å². The van der Waals surface area contributed by atoms with Crippen molar-refractivity contribution in [2.24, 2.45) is 0 Å². The fourth-order valence-corrected chi connectivity index (χ4v) is 2.59. The smallest absolute Gasteiger partial charge is 0.258 e. The Labute approximate surface area is 140 Å². The summed E-state index contributed by atoms with van der Waals surface area (Å²) in [7, 11) is 0. The molecule has 0 aliphatic carbocycles. The molecule has 0 amide bonds. The molecule has 0 fully saturated rings. The molecular weight excluding hydrogens is 326 g/mol. The van der Waals surface area contributed by atoms with Crippen molar-refractivity contribution in [3.05, 3.63) is 64.7 Å². The molecule has 2 aromatic heterocycles. The summed E-state index contributed by atoms with van der Waals surface area (Å²) in [5.41, 5.74) is 3.55. The van der Waals surface area contributed by atoms with Crippen LogP contribution < -0.4 is 5.01 Å². The molecular formula is C15H11N7O3. The van der Waals surface area contributed by atoms with E-state index in [1.165, 1.54) is 29.6 Å². The normalized spacial score (nSPS) is 10.9. The van der Waals surface area contributed by atoms with E-state index < -0.39 is 4.92 Å². The number of hydrogen-bond donors (Lipinski definition) is 0. The molecule has 0 aliphatic rings. The first-order valence-corrected chi connectivity index (χ1v) is 7.26. The largest absolute Gasteiger partial charge is 0.269 e. The number of aromatic nitrogens is 5. The summed E-state index contributed by atoms with van der Waals surface area (Å²) in [4.78, 5) is 16.0. The lowest BCUT2D eigenvalue weighted by atomic mass is 10.1. The molecule has 0 radical (unpaired) electrons. The molecule has 2 aromatic carbocycles. The molecule has 0 saturated heterocycles. The molecule has 4 rings (SSSR count). The number of rotatable bonds is 4. The Hall–Kier alpha value is -3.82. The van der Waals surface area contributed by atoms with Crippen LogP contribution in [0, 0.1) is 17.0 Å². The zero-order valence-corrected chi connectivity index (χ0v) is 13.0. The molecule has 0 aliphatic heterocycles. The van der Waals surface area contributed by atoms with Gasteiger partial charge < -0.3 is 0 Å². The summed E-state index contributed by atoms with van der Waals surface area (Å²) < 4.78 is 4.79. The van der Waals surface area contributed by atoms with Gasteiger partial charge in [-0.15, -0.1) is 5.10 Å². The highest BCUT2D eigenvalue weighted by Gasteiger charge is 2.19. The number of fused-ring (bicyclic) bond motifs is 1. The van der Waals surface area contributed by atoms with Gasteiger partial charge in [0, 0.05) is 17.7 Å². The number of benzene rings is 2. The summed E-state index contributed by atoms with van der Waals surface area (Å²) in [6.45, 7) is 1.89. The van der Waals surface area contributed by atoms with E-state index in [1.54, 1.807) is 23.2 Å². The second-order valence-corrected chi connectivity index (χ2v) is 5.24. The maximum Gasteiger partial charge on any atom is 0.269 e. The zero-order valence-electron chi connectivity index (χ0n) is 13.0. The van der Waals surface area contributed by atoms with E-state index in [2.05, 4.69) is 20.4 Å². The van der Waals surface area contributed by atoms with Crippen molar-refractivity contribution in [2.45, 2.75) is 6.92 Å². The Balaban J connectivity index is 1.89. The van der Waals surface area contributed by atoms with Crippen molar-refractivity contribution < 1.29 is 9.55 Å². The number of nitro benzene ring substituents is 1. The van der Waals surface area contributed by atoms with Gasteiger partial charge in [-0.1, -0.05) is 0 Å². The van der Waals surface area contributed by atoms with Crippen LogP contribution >= 0.6 is 0 Å². The number of hydrogen-bond acceptors (Lipinski definition) is 8. The number of aryl methyl sites for hydroxylation is 1. The molecule has 10 heteroatoms. The standard InChI is InChI=1S/C15H11N7O3/c1-10-14(7-6-13-15(10)19-25-18-13)21(20-9-16-8-17-20)11-2-4-12(5-3-11)22(23)24/h2-9H,1H3. The van der Waals surface area contributed by atoms with E-state index in [9.17, 15) is 10.1 Å². The predicted octanol–water partition coefficient (Wildman–Crippen LogP) is 2.63. The summed E-state index contributed by atoms with van der Waals surface area (Å²) >= 11 is 0. The Morgan fingerprint density at radius 2 is 1.96 bits per heavy atom. The highest BCUT2D eigenvalue weighted by Crippen LogP contribution is 2.32. The van der Waals surface area contributed by atoms with Crippen molar-refractivity contribution in [1.29, 1.82) is 0 Å². The molecule has 0 atom stereocenters. The third-order valence-electron chi connectivity index (χ3n) is 3.80. The number of non-ortho nitro benzene ring substituents is 1. The fraction of sp³-hybridized carbons (Fsp3) is 0.0667. The summed E-state index contributed by atoms with van der Waals surface area (Å²) in [5.74, 6) is 0. The van der Waals surface area contributed by atoms with Gasteiger partial charge in [0.25, 0.3) is 5.69 Å². The first-order chi connectivity index (χ1) is 12.1. The lowest BCUT2D eigenvalue weighted by Crippen LogP contribution is -2.25. The third kappa shape index (κ3) is 2.45. The van der Waals surface area contributed by atoms with E-state index >= 15 is 0 Å². The lowest BCUT2D eigenvalue weighted by molar-refractivity contribution is -0.384. The van der Waals surface area contributed by atoms with Crippen LogP contribution in [-0.2, 0) is 0 Å². The minimum atomic E-state index is -0.443. The van der Waals surface area contributed by atoms with Crippen LogP contribution in [0.4, 0.5) is 17.1 Å². The van der Waals surface area contributed by atoms with Gasteiger partial charge in [0.05, 0.1) is 16.3 Å². The molecule has 0 saturated carbocycles. The second-order valence-electron chi connectivity index (χ2n) is 5.24. The Morgan fingerprint density at radius 3 is 2.64 bits per heavy atom. The van der Waals surface area contributed by atoms with E-state index in [0.717, 1.165) is 11.3 Å². The molecule has 0 N–H and O–H groups in total. The van der Waals surface area contributed by atoms with Gasteiger partial charge in [0.15, 0.2) is 0 Å². The predicted molar refractivity (Wildman–Crippen MR) is 87.2 cm³/mol. The zero-order chi connectivity index (χ0) is 17.4. The van der Waals surface area contributed by atoms with E-state index in [-0.39, 0.29) is 5.69 Å². The third-order valence-corrected chi connectivity index (χ3v) is 3.80. The van der Waals surface area contributed by atoms with E-state index in [0.29, 0.717) is 16.7 Å². The first kappa shape index (κ1) is 14.8. The van der Waals surface area contributed by atoms with Crippen LogP contribution in [0.1, 0.15) is 5.56 Å². The van der Waals surface area contributed by atoms with Crippen LogP contribution in [-0.4, -0.2) is 30.1 Å². The number of nitrogens with zero attached hydrogens (tertiary/aromatic N) is 7. The van der Waals surface area contributed by atoms with Crippen molar-refractivity contribution >= 4 is 28.1 Å². The van der Waals surface area contributed by atoms with Crippen molar-refractivity contribution in [3.8, 4) is 0 Å². The van der Waals surface area contributed by atoms with Crippen LogP contribution in [0.25, 0.3) is 11.0 Å². The van der Waals surface area contributed by atoms with Crippen molar-refractivity contribution in [1.82, 2.24) is 25.2 Å². The number of anilines is 2. The Kier molecular flexibility index (Phi) is 3.35. The second kappa shape index (κ2) is 5.67. The highest BCUT2D eigenvalue weighted by molar-refractivity contribution is 5.84. The Bertz CT molecular complexity index is 1040. The quantitative estimate of drug-likeness (QED) is 0.412. The first-order valence-electron chi connectivity index (χ1n) is 7.26. The minimum absolute atomic E-state index is 0.00941. The van der Waals surface area contributed by atoms with E-state index in [1.807, 2.05) is 13.0 Å². The van der Waals surface area contributed by atoms with Gasteiger partial charge in [0.2, 0.25) is 0 Å². The topological polar surface area (TPSA) is 116 Å².